The smallest absolute Gasteiger partial charge is 0.230 e. The van der Waals surface area contributed by atoms with Crippen molar-refractivity contribution in [3.05, 3.63) is 77.1 Å². The van der Waals surface area contributed by atoms with Crippen molar-refractivity contribution in [1.29, 1.82) is 0 Å². The maximum absolute atomic E-state index is 12.2. The van der Waals surface area contributed by atoms with Gasteiger partial charge in [0.1, 0.15) is 5.82 Å². The molecule has 0 saturated heterocycles. The molecule has 0 unspecified atom stereocenters. The van der Waals surface area contributed by atoms with Gasteiger partial charge in [-0.2, -0.15) is 0 Å². The molecule has 0 atom stereocenters. The number of aromatic nitrogens is 3. The number of thioether (sulfide) groups is 1. The normalized spacial score (nSPS) is 10.7. The number of aryl methyl sites for hydroxylation is 1. The summed E-state index contributed by atoms with van der Waals surface area (Å²) in [5.41, 5.74) is 3.52. The summed E-state index contributed by atoms with van der Waals surface area (Å²) in [6.45, 7) is 5.45. The average molecular weight is 381 g/mol. The molecule has 0 spiro atoms. The SMILES string of the molecule is CCn1c(Cc2ccccc2)nnc1SCC(=O)NCc1ccccc1C. The molecule has 3 rings (SSSR count). The summed E-state index contributed by atoms with van der Waals surface area (Å²) < 4.78 is 2.08. The minimum atomic E-state index is -0.00137. The second-order valence-electron chi connectivity index (χ2n) is 6.30. The van der Waals surface area contributed by atoms with Crippen LogP contribution in [0, 0.1) is 6.92 Å². The first kappa shape index (κ1) is 19.2. The van der Waals surface area contributed by atoms with Crippen molar-refractivity contribution in [2.45, 2.75) is 38.5 Å². The number of rotatable bonds is 8. The van der Waals surface area contributed by atoms with Crippen LogP contribution in [0.5, 0.6) is 0 Å². The number of hydrogen-bond donors (Lipinski definition) is 1. The number of amides is 1. The Kier molecular flexibility index (Phi) is 6.65. The molecule has 1 amide bonds. The van der Waals surface area contributed by atoms with E-state index in [-0.39, 0.29) is 5.91 Å². The van der Waals surface area contributed by atoms with Gasteiger partial charge in [-0.25, -0.2) is 0 Å². The van der Waals surface area contributed by atoms with Gasteiger partial charge in [-0.15, -0.1) is 10.2 Å². The molecular formula is C21H24N4OS. The van der Waals surface area contributed by atoms with Gasteiger partial charge >= 0.3 is 0 Å². The minimum absolute atomic E-state index is 0.00137. The molecule has 3 aromatic rings. The number of hydrogen-bond acceptors (Lipinski definition) is 4. The van der Waals surface area contributed by atoms with E-state index in [2.05, 4.69) is 39.1 Å². The fourth-order valence-electron chi connectivity index (χ4n) is 2.84. The van der Waals surface area contributed by atoms with Gasteiger partial charge in [0, 0.05) is 19.5 Å². The number of nitrogens with one attached hydrogen (secondary N) is 1. The lowest BCUT2D eigenvalue weighted by molar-refractivity contribution is -0.118. The van der Waals surface area contributed by atoms with Crippen LogP contribution < -0.4 is 5.32 Å². The molecule has 0 aliphatic heterocycles. The third-order valence-corrected chi connectivity index (χ3v) is 5.35. The molecule has 2 aromatic carbocycles. The summed E-state index contributed by atoms with van der Waals surface area (Å²) in [6, 6.07) is 18.3. The van der Waals surface area contributed by atoms with Crippen LogP contribution in [0.2, 0.25) is 0 Å². The van der Waals surface area contributed by atoms with Gasteiger partial charge < -0.3 is 9.88 Å². The lowest BCUT2D eigenvalue weighted by Crippen LogP contribution is -2.25. The molecule has 0 radical (unpaired) electrons. The topological polar surface area (TPSA) is 59.8 Å². The van der Waals surface area contributed by atoms with Gasteiger partial charge in [-0.1, -0.05) is 66.4 Å². The predicted octanol–water partition coefficient (Wildman–Crippen LogP) is 3.61. The summed E-state index contributed by atoms with van der Waals surface area (Å²) in [5, 5.41) is 12.4. The van der Waals surface area contributed by atoms with Crippen molar-refractivity contribution in [3.8, 4) is 0 Å². The minimum Gasteiger partial charge on any atom is -0.351 e. The molecule has 1 aromatic heterocycles. The zero-order chi connectivity index (χ0) is 19.1. The Balaban J connectivity index is 1.56. The fourth-order valence-corrected chi connectivity index (χ4v) is 3.69. The maximum atomic E-state index is 12.2. The Labute approximate surface area is 164 Å². The van der Waals surface area contributed by atoms with Crippen molar-refractivity contribution in [2.75, 3.05) is 5.75 Å². The molecule has 1 N–H and O–H groups in total. The Bertz CT molecular complexity index is 892. The highest BCUT2D eigenvalue weighted by molar-refractivity contribution is 7.99. The first-order chi connectivity index (χ1) is 13.2. The van der Waals surface area contributed by atoms with Gasteiger partial charge in [-0.05, 0) is 30.5 Å². The fraction of sp³-hybridized carbons (Fsp3) is 0.286. The lowest BCUT2D eigenvalue weighted by atomic mass is 10.1. The molecule has 27 heavy (non-hydrogen) atoms. The second-order valence-corrected chi connectivity index (χ2v) is 7.24. The van der Waals surface area contributed by atoms with E-state index in [0.717, 1.165) is 29.5 Å². The highest BCUT2D eigenvalue weighted by atomic mass is 32.2. The van der Waals surface area contributed by atoms with Crippen molar-refractivity contribution in [1.82, 2.24) is 20.1 Å². The molecule has 0 fully saturated rings. The molecule has 0 aliphatic rings. The largest absolute Gasteiger partial charge is 0.351 e. The number of carbonyl (C=O) groups is 1. The lowest BCUT2D eigenvalue weighted by Gasteiger charge is -2.09. The van der Waals surface area contributed by atoms with E-state index in [0.29, 0.717) is 12.3 Å². The molecular weight excluding hydrogens is 356 g/mol. The summed E-state index contributed by atoms with van der Waals surface area (Å²) in [7, 11) is 0. The maximum Gasteiger partial charge on any atom is 0.230 e. The van der Waals surface area contributed by atoms with E-state index in [4.69, 9.17) is 0 Å². The van der Waals surface area contributed by atoms with E-state index in [1.54, 1.807) is 0 Å². The van der Waals surface area contributed by atoms with Gasteiger partial charge in [0.25, 0.3) is 0 Å². The van der Waals surface area contributed by atoms with E-state index < -0.39 is 0 Å². The van der Waals surface area contributed by atoms with E-state index in [9.17, 15) is 4.79 Å². The Hall–Kier alpha value is -2.60. The Morgan fingerprint density at radius 3 is 2.56 bits per heavy atom. The zero-order valence-corrected chi connectivity index (χ0v) is 16.5. The first-order valence-electron chi connectivity index (χ1n) is 9.07. The zero-order valence-electron chi connectivity index (χ0n) is 15.7. The van der Waals surface area contributed by atoms with Crippen LogP contribution in [-0.4, -0.2) is 26.4 Å². The number of carbonyl (C=O) groups excluding carboxylic acids is 1. The summed E-state index contributed by atoms with van der Waals surface area (Å²) in [6.07, 6.45) is 0.738. The van der Waals surface area contributed by atoms with E-state index in [1.165, 1.54) is 22.9 Å². The highest BCUT2D eigenvalue weighted by Gasteiger charge is 2.13. The molecule has 1 heterocycles. The molecule has 5 nitrogen and oxygen atoms in total. The van der Waals surface area contributed by atoms with Gasteiger partial charge in [0.15, 0.2) is 5.16 Å². The summed E-state index contributed by atoms with van der Waals surface area (Å²) in [5.74, 6) is 1.25. The average Bonchev–Trinajstić information content (AvgIpc) is 3.08. The monoisotopic (exact) mass is 380 g/mol. The van der Waals surface area contributed by atoms with Crippen molar-refractivity contribution in [2.24, 2.45) is 0 Å². The van der Waals surface area contributed by atoms with Crippen LogP contribution in [0.3, 0.4) is 0 Å². The predicted molar refractivity (Wildman–Crippen MR) is 109 cm³/mol. The summed E-state index contributed by atoms with van der Waals surface area (Å²) in [4.78, 5) is 12.2. The van der Waals surface area contributed by atoms with Crippen LogP contribution in [-0.2, 0) is 24.3 Å². The third-order valence-electron chi connectivity index (χ3n) is 4.38. The van der Waals surface area contributed by atoms with Crippen molar-refractivity contribution >= 4 is 17.7 Å². The quantitative estimate of drug-likeness (QED) is 0.607. The van der Waals surface area contributed by atoms with Crippen molar-refractivity contribution in [3.63, 3.8) is 0 Å². The molecule has 0 saturated carbocycles. The Morgan fingerprint density at radius 1 is 1.07 bits per heavy atom. The molecule has 0 bridgehead atoms. The number of benzene rings is 2. The summed E-state index contributed by atoms with van der Waals surface area (Å²) >= 11 is 1.43. The van der Waals surface area contributed by atoms with Gasteiger partial charge in [0.2, 0.25) is 5.91 Å². The first-order valence-corrected chi connectivity index (χ1v) is 10.1. The molecule has 140 valence electrons. The van der Waals surface area contributed by atoms with Gasteiger partial charge in [0.05, 0.1) is 5.75 Å². The Morgan fingerprint density at radius 2 is 1.81 bits per heavy atom. The second kappa shape index (κ2) is 9.37. The highest BCUT2D eigenvalue weighted by Crippen LogP contribution is 2.18. The number of nitrogens with zero attached hydrogens (tertiary/aromatic N) is 3. The van der Waals surface area contributed by atoms with E-state index in [1.807, 2.05) is 49.4 Å². The van der Waals surface area contributed by atoms with Crippen LogP contribution in [0.25, 0.3) is 0 Å². The van der Waals surface area contributed by atoms with Crippen LogP contribution in [0.1, 0.15) is 29.4 Å². The van der Waals surface area contributed by atoms with Crippen LogP contribution in [0.4, 0.5) is 0 Å². The van der Waals surface area contributed by atoms with E-state index >= 15 is 0 Å². The third kappa shape index (κ3) is 5.20. The molecule has 6 heteroatoms. The van der Waals surface area contributed by atoms with Crippen LogP contribution >= 0.6 is 11.8 Å². The molecule has 0 aliphatic carbocycles. The standard InChI is InChI=1S/C21H24N4OS/c1-3-25-19(13-17-10-5-4-6-11-17)23-24-21(25)27-15-20(26)22-14-18-12-8-7-9-16(18)2/h4-12H,3,13-15H2,1-2H3,(H,22,26). The van der Waals surface area contributed by atoms with Crippen molar-refractivity contribution < 1.29 is 4.79 Å². The van der Waals surface area contributed by atoms with Crippen LogP contribution in [0.15, 0.2) is 59.8 Å². The van der Waals surface area contributed by atoms with Gasteiger partial charge in [-0.3, -0.25) is 4.79 Å².